The Kier molecular flexibility index (Phi) is 20.7. The van der Waals surface area contributed by atoms with E-state index in [1.54, 1.807) is 0 Å². The molecule has 0 aliphatic carbocycles. The lowest BCUT2D eigenvalue weighted by molar-refractivity contribution is 0.824. The fourth-order valence-electron chi connectivity index (χ4n) is 3.34. The second-order valence-corrected chi connectivity index (χ2v) is 9.50. The van der Waals surface area contributed by atoms with Crippen LogP contribution in [0.4, 0.5) is 0 Å². The molecule has 0 aromatic carbocycles. The third-order valence-corrected chi connectivity index (χ3v) is 5.40. The first-order chi connectivity index (χ1) is 14.2. The standard InChI is InChI=1S/C30H50.H2O/c1-25(2)15-11-19-29(7)23-13-21-27(5)17-9-10-18-28(6)22-14-24-30(8)20-12-16-26(3)4;/h15-18,23-24H,9-14,19-22H2,1-8H3;1H2. The van der Waals surface area contributed by atoms with Gasteiger partial charge in [-0.05, 0) is 120 Å². The Morgan fingerprint density at radius 3 is 0.839 bits per heavy atom. The summed E-state index contributed by atoms with van der Waals surface area (Å²) in [5.74, 6) is 0. The van der Waals surface area contributed by atoms with E-state index in [9.17, 15) is 0 Å². The van der Waals surface area contributed by atoms with E-state index in [1.807, 2.05) is 0 Å². The molecule has 1 nitrogen and oxygen atoms in total. The number of allylic oxidation sites excluding steroid dienone is 12. The van der Waals surface area contributed by atoms with Crippen LogP contribution >= 0.6 is 0 Å². The molecule has 0 aromatic heterocycles. The highest BCUT2D eigenvalue weighted by molar-refractivity contribution is 5.08. The maximum absolute atomic E-state index is 2.43. The van der Waals surface area contributed by atoms with Crippen molar-refractivity contribution in [1.82, 2.24) is 0 Å². The molecule has 0 saturated carbocycles. The normalized spacial score (nSPS) is 13.0. The molecular formula is C30H52O. The van der Waals surface area contributed by atoms with Crippen LogP contribution in [0.3, 0.4) is 0 Å². The predicted molar refractivity (Wildman–Crippen MR) is 144 cm³/mol. The van der Waals surface area contributed by atoms with Crippen LogP contribution in [0.2, 0.25) is 0 Å². The highest BCUT2D eigenvalue weighted by Crippen LogP contribution is 2.14. The molecule has 2 N–H and O–H groups in total. The summed E-state index contributed by atoms with van der Waals surface area (Å²) in [6.07, 6.45) is 26.2. The van der Waals surface area contributed by atoms with Crippen LogP contribution < -0.4 is 0 Å². The van der Waals surface area contributed by atoms with E-state index in [4.69, 9.17) is 0 Å². The lowest BCUT2D eigenvalue weighted by atomic mass is 10.0. The van der Waals surface area contributed by atoms with Crippen molar-refractivity contribution in [3.05, 3.63) is 69.9 Å². The molecule has 0 amide bonds. The molecule has 178 valence electrons. The zero-order valence-corrected chi connectivity index (χ0v) is 22.0. The minimum absolute atomic E-state index is 0. The fraction of sp³-hybridized carbons (Fsp3) is 0.600. The highest BCUT2D eigenvalue weighted by Gasteiger charge is 1.94. The van der Waals surface area contributed by atoms with Gasteiger partial charge >= 0.3 is 0 Å². The molecule has 0 saturated heterocycles. The topological polar surface area (TPSA) is 31.5 Å². The van der Waals surface area contributed by atoms with Crippen LogP contribution in [0.1, 0.15) is 120 Å². The zero-order valence-electron chi connectivity index (χ0n) is 22.0. The molecule has 0 heterocycles. The third kappa shape index (κ3) is 22.9. The average Bonchev–Trinajstić information content (AvgIpc) is 2.64. The Bertz CT molecular complexity index is 584. The first kappa shape index (κ1) is 31.6. The second kappa shape index (κ2) is 20.3. The summed E-state index contributed by atoms with van der Waals surface area (Å²) >= 11 is 0. The van der Waals surface area contributed by atoms with Gasteiger partial charge < -0.3 is 5.48 Å². The van der Waals surface area contributed by atoms with Crippen molar-refractivity contribution < 1.29 is 5.48 Å². The van der Waals surface area contributed by atoms with Gasteiger partial charge in [-0.25, -0.2) is 0 Å². The third-order valence-electron chi connectivity index (χ3n) is 5.40. The summed E-state index contributed by atoms with van der Waals surface area (Å²) in [5, 5.41) is 0. The van der Waals surface area contributed by atoms with E-state index >= 15 is 0 Å². The monoisotopic (exact) mass is 428 g/mol. The van der Waals surface area contributed by atoms with Gasteiger partial charge in [0.25, 0.3) is 0 Å². The van der Waals surface area contributed by atoms with Crippen molar-refractivity contribution in [3.8, 4) is 0 Å². The fourth-order valence-corrected chi connectivity index (χ4v) is 3.34. The molecule has 0 bridgehead atoms. The molecule has 0 atom stereocenters. The van der Waals surface area contributed by atoms with Gasteiger partial charge in [0.1, 0.15) is 0 Å². The molecule has 0 aliphatic heterocycles. The van der Waals surface area contributed by atoms with Crippen LogP contribution in [-0.4, -0.2) is 5.48 Å². The summed E-state index contributed by atoms with van der Waals surface area (Å²) in [4.78, 5) is 0. The van der Waals surface area contributed by atoms with Crippen molar-refractivity contribution in [2.45, 2.75) is 120 Å². The predicted octanol–water partition coefficient (Wildman–Crippen LogP) is 9.78. The van der Waals surface area contributed by atoms with Crippen molar-refractivity contribution in [2.24, 2.45) is 0 Å². The van der Waals surface area contributed by atoms with Crippen LogP contribution in [0.15, 0.2) is 69.9 Å². The Hall–Kier alpha value is -1.60. The van der Waals surface area contributed by atoms with E-state index in [0.717, 1.165) is 0 Å². The molecule has 0 rings (SSSR count). The molecule has 0 fully saturated rings. The lowest BCUT2D eigenvalue weighted by Gasteiger charge is -2.02. The van der Waals surface area contributed by atoms with Crippen molar-refractivity contribution in [3.63, 3.8) is 0 Å². The maximum atomic E-state index is 2.43. The first-order valence-electron chi connectivity index (χ1n) is 12.1. The van der Waals surface area contributed by atoms with Gasteiger partial charge in [-0.3, -0.25) is 0 Å². The maximum Gasteiger partial charge on any atom is -0.0288 e. The molecule has 0 radical (unpaired) electrons. The Morgan fingerprint density at radius 1 is 0.355 bits per heavy atom. The summed E-state index contributed by atoms with van der Waals surface area (Å²) < 4.78 is 0. The van der Waals surface area contributed by atoms with Gasteiger partial charge in [0, 0.05) is 0 Å². The van der Waals surface area contributed by atoms with Gasteiger partial charge in [-0.1, -0.05) is 69.9 Å². The molecule has 0 unspecified atom stereocenters. The van der Waals surface area contributed by atoms with E-state index in [1.165, 1.54) is 97.6 Å². The highest BCUT2D eigenvalue weighted by atomic mass is 16.0. The number of rotatable bonds is 15. The van der Waals surface area contributed by atoms with Crippen LogP contribution in [0, 0.1) is 0 Å². The molecule has 31 heavy (non-hydrogen) atoms. The number of unbranched alkanes of at least 4 members (excludes halogenated alkanes) is 1. The molecule has 1 heteroatoms. The summed E-state index contributed by atoms with van der Waals surface area (Å²) in [6.45, 7) is 17.8. The summed E-state index contributed by atoms with van der Waals surface area (Å²) in [7, 11) is 0. The Labute approximate surface area is 195 Å². The van der Waals surface area contributed by atoms with Gasteiger partial charge in [-0.2, -0.15) is 0 Å². The van der Waals surface area contributed by atoms with Crippen LogP contribution in [-0.2, 0) is 0 Å². The van der Waals surface area contributed by atoms with Crippen LogP contribution in [0.5, 0.6) is 0 Å². The summed E-state index contributed by atoms with van der Waals surface area (Å²) in [5.41, 5.74) is 8.97. The van der Waals surface area contributed by atoms with Gasteiger partial charge in [0.15, 0.2) is 0 Å². The lowest BCUT2D eigenvalue weighted by Crippen LogP contribution is -1.82. The van der Waals surface area contributed by atoms with Gasteiger partial charge in [0.2, 0.25) is 0 Å². The zero-order chi connectivity index (χ0) is 22.8. The second-order valence-electron chi connectivity index (χ2n) is 9.50. The quantitative estimate of drug-likeness (QED) is 0.183. The van der Waals surface area contributed by atoms with Crippen molar-refractivity contribution in [2.75, 3.05) is 0 Å². The summed E-state index contributed by atoms with van der Waals surface area (Å²) in [6, 6.07) is 0. The van der Waals surface area contributed by atoms with Crippen LogP contribution in [0.25, 0.3) is 0 Å². The largest absolute Gasteiger partial charge is 0.412 e. The molecule has 0 aromatic rings. The minimum Gasteiger partial charge on any atom is -0.412 e. The van der Waals surface area contributed by atoms with E-state index < -0.39 is 0 Å². The average molecular weight is 429 g/mol. The molecule has 0 aliphatic rings. The number of hydrogen-bond donors (Lipinski definition) is 0. The van der Waals surface area contributed by atoms with Crippen molar-refractivity contribution in [1.29, 1.82) is 0 Å². The SMILES string of the molecule is CC(C)=CCCC(C)=CCCC(C)=CCCC=C(C)CCC=C(C)CCC=C(C)C.O. The molecule has 0 spiro atoms. The van der Waals surface area contributed by atoms with Gasteiger partial charge in [-0.15, -0.1) is 0 Å². The molecular weight excluding hydrogens is 376 g/mol. The van der Waals surface area contributed by atoms with Gasteiger partial charge in [0.05, 0.1) is 0 Å². The number of hydrogen-bond acceptors (Lipinski definition) is 0. The van der Waals surface area contributed by atoms with E-state index in [2.05, 4.69) is 91.8 Å². The van der Waals surface area contributed by atoms with Crippen molar-refractivity contribution >= 4 is 0 Å². The first-order valence-corrected chi connectivity index (χ1v) is 12.1. The Balaban J connectivity index is 0. The minimum atomic E-state index is 0. The van der Waals surface area contributed by atoms with E-state index in [-0.39, 0.29) is 5.48 Å². The smallest absolute Gasteiger partial charge is 0.0288 e. The Morgan fingerprint density at radius 2 is 0.581 bits per heavy atom. The van der Waals surface area contributed by atoms with E-state index in [0.29, 0.717) is 0 Å².